The van der Waals surface area contributed by atoms with Crippen molar-refractivity contribution in [3.63, 3.8) is 0 Å². The molecular weight excluding hydrogens is 344 g/mol. The molecule has 0 bridgehead atoms. The lowest BCUT2D eigenvalue weighted by atomic mass is 10.1. The van der Waals surface area contributed by atoms with E-state index in [0.717, 1.165) is 0 Å². The van der Waals surface area contributed by atoms with Crippen LogP contribution in [0, 0.1) is 5.92 Å². The molecule has 1 aliphatic heterocycles. The quantitative estimate of drug-likeness (QED) is 0.901. The van der Waals surface area contributed by atoms with E-state index in [1.165, 1.54) is 24.3 Å². The van der Waals surface area contributed by atoms with Gasteiger partial charge >= 0.3 is 0 Å². The molecule has 128 valence electrons. The van der Waals surface area contributed by atoms with Crippen molar-refractivity contribution in [2.24, 2.45) is 5.92 Å². The van der Waals surface area contributed by atoms with Crippen molar-refractivity contribution in [2.45, 2.75) is 6.42 Å². The van der Waals surface area contributed by atoms with Crippen molar-refractivity contribution >= 4 is 40.8 Å². The Hall–Kier alpha value is -2.86. The van der Waals surface area contributed by atoms with Gasteiger partial charge < -0.3 is 20.1 Å². The van der Waals surface area contributed by atoms with Crippen molar-refractivity contribution in [3.8, 4) is 0 Å². The van der Waals surface area contributed by atoms with Gasteiger partial charge in [-0.1, -0.05) is 23.7 Å². The highest BCUT2D eigenvalue weighted by molar-refractivity contribution is 6.30. The number of carbonyl (C=O) groups is 3. The molecule has 0 aliphatic carbocycles. The SMILES string of the molecule is O=C([O-])c1ccc(NC(=O)[C@H]2CC(=O)N(c3ccc(Cl)cc3)C2)cc1. The molecule has 2 aromatic rings. The highest BCUT2D eigenvalue weighted by Crippen LogP contribution is 2.27. The number of amides is 2. The smallest absolute Gasteiger partial charge is 0.229 e. The maximum atomic E-state index is 12.4. The van der Waals surface area contributed by atoms with Crippen LogP contribution in [-0.2, 0) is 9.59 Å². The summed E-state index contributed by atoms with van der Waals surface area (Å²) in [7, 11) is 0. The average molecular weight is 358 g/mol. The van der Waals surface area contributed by atoms with Gasteiger partial charge in [-0.25, -0.2) is 0 Å². The number of anilines is 2. The van der Waals surface area contributed by atoms with E-state index in [1.54, 1.807) is 29.2 Å². The summed E-state index contributed by atoms with van der Waals surface area (Å²) in [5.74, 6) is -2.18. The van der Waals surface area contributed by atoms with Gasteiger partial charge in [-0.15, -0.1) is 0 Å². The number of hydrogen-bond acceptors (Lipinski definition) is 4. The number of nitrogens with one attached hydrogen (secondary N) is 1. The van der Waals surface area contributed by atoms with Crippen LogP contribution in [0.1, 0.15) is 16.8 Å². The number of aromatic carboxylic acids is 1. The van der Waals surface area contributed by atoms with Gasteiger partial charge in [0.1, 0.15) is 0 Å². The molecule has 0 aromatic heterocycles. The first-order chi connectivity index (χ1) is 11.9. The summed E-state index contributed by atoms with van der Waals surface area (Å²) >= 11 is 5.85. The predicted octanol–water partition coefficient (Wildman–Crippen LogP) is 1.70. The molecule has 1 heterocycles. The van der Waals surface area contributed by atoms with Gasteiger partial charge in [-0.05, 0) is 42.0 Å². The molecule has 1 N–H and O–H groups in total. The van der Waals surface area contributed by atoms with Crippen LogP contribution >= 0.6 is 11.6 Å². The number of halogens is 1. The first kappa shape index (κ1) is 17.0. The second-order valence-corrected chi connectivity index (χ2v) is 6.17. The second-order valence-electron chi connectivity index (χ2n) is 5.74. The van der Waals surface area contributed by atoms with E-state index in [9.17, 15) is 19.5 Å². The Balaban J connectivity index is 1.66. The van der Waals surface area contributed by atoms with Gasteiger partial charge in [-0.2, -0.15) is 0 Å². The molecule has 3 rings (SSSR count). The minimum Gasteiger partial charge on any atom is -0.545 e. The highest BCUT2D eigenvalue weighted by Gasteiger charge is 2.35. The number of nitrogens with zero attached hydrogens (tertiary/aromatic N) is 1. The van der Waals surface area contributed by atoms with E-state index in [-0.39, 0.29) is 30.3 Å². The van der Waals surface area contributed by atoms with Gasteiger partial charge in [0.25, 0.3) is 0 Å². The van der Waals surface area contributed by atoms with E-state index in [4.69, 9.17) is 11.6 Å². The van der Waals surface area contributed by atoms with Gasteiger partial charge in [0.15, 0.2) is 0 Å². The van der Waals surface area contributed by atoms with Gasteiger partial charge in [0.05, 0.1) is 11.9 Å². The van der Waals surface area contributed by atoms with E-state index >= 15 is 0 Å². The molecule has 1 saturated heterocycles. The lowest BCUT2D eigenvalue weighted by Gasteiger charge is -2.17. The van der Waals surface area contributed by atoms with Gasteiger partial charge in [-0.3, -0.25) is 9.59 Å². The topological polar surface area (TPSA) is 89.5 Å². The molecule has 1 fully saturated rings. The van der Waals surface area contributed by atoms with Crippen molar-refractivity contribution in [3.05, 3.63) is 59.1 Å². The Kier molecular flexibility index (Phi) is 4.72. The molecule has 0 saturated carbocycles. The van der Waals surface area contributed by atoms with Crippen LogP contribution in [0.25, 0.3) is 0 Å². The maximum absolute atomic E-state index is 12.4. The predicted molar refractivity (Wildman–Crippen MR) is 91.3 cm³/mol. The van der Waals surface area contributed by atoms with Gasteiger partial charge in [0, 0.05) is 29.4 Å². The molecule has 0 spiro atoms. The number of hydrogen-bond donors (Lipinski definition) is 1. The fourth-order valence-electron chi connectivity index (χ4n) is 2.69. The summed E-state index contributed by atoms with van der Waals surface area (Å²) < 4.78 is 0. The van der Waals surface area contributed by atoms with Crippen LogP contribution in [0.5, 0.6) is 0 Å². The van der Waals surface area contributed by atoms with Crippen molar-refractivity contribution in [1.29, 1.82) is 0 Å². The number of rotatable bonds is 4. The third kappa shape index (κ3) is 3.80. The summed E-state index contributed by atoms with van der Waals surface area (Å²) in [5.41, 5.74) is 1.19. The first-order valence-electron chi connectivity index (χ1n) is 7.62. The summed E-state index contributed by atoms with van der Waals surface area (Å²) in [4.78, 5) is 36.8. The summed E-state index contributed by atoms with van der Waals surface area (Å²) in [6.07, 6.45) is 0.117. The highest BCUT2D eigenvalue weighted by atomic mass is 35.5. The third-order valence-electron chi connectivity index (χ3n) is 4.02. The lowest BCUT2D eigenvalue weighted by molar-refractivity contribution is -0.255. The third-order valence-corrected chi connectivity index (χ3v) is 4.27. The molecule has 0 unspecified atom stereocenters. The van der Waals surface area contributed by atoms with Crippen LogP contribution in [0.2, 0.25) is 5.02 Å². The summed E-state index contributed by atoms with van der Waals surface area (Å²) in [6, 6.07) is 12.5. The van der Waals surface area contributed by atoms with E-state index in [1.807, 2.05) is 0 Å². The Morgan fingerprint density at radius 1 is 1.08 bits per heavy atom. The van der Waals surface area contributed by atoms with Crippen molar-refractivity contribution < 1.29 is 19.5 Å². The van der Waals surface area contributed by atoms with E-state index < -0.39 is 11.9 Å². The average Bonchev–Trinajstić information content (AvgIpc) is 2.98. The number of carboxylic acid groups (broad SMARTS) is 1. The molecular formula is C18H14ClN2O4-. The summed E-state index contributed by atoms with van der Waals surface area (Å²) in [5, 5.41) is 14.0. The monoisotopic (exact) mass is 357 g/mol. The van der Waals surface area contributed by atoms with Crippen molar-refractivity contribution in [1.82, 2.24) is 0 Å². The number of benzene rings is 2. The summed E-state index contributed by atoms with van der Waals surface area (Å²) in [6.45, 7) is 0.281. The van der Waals surface area contributed by atoms with Crippen LogP contribution in [0.3, 0.4) is 0 Å². The van der Waals surface area contributed by atoms with E-state index in [2.05, 4.69) is 5.32 Å². The normalized spacial score (nSPS) is 16.8. The zero-order valence-electron chi connectivity index (χ0n) is 13.1. The minimum absolute atomic E-state index is 0.0305. The fraction of sp³-hybridized carbons (Fsp3) is 0.167. The Labute approximate surface area is 149 Å². The lowest BCUT2D eigenvalue weighted by Crippen LogP contribution is -2.28. The standard InChI is InChI=1S/C18H15ClN2O4/c19-13-3-7-15(8-4-13)21-10-12(9-16(21)22)17(23)20-14-5-1-11(2-6-14)18(24)25/h1-8,12H,9-10H2,(H,20,23)(H,24,25)/p-1/t12-/m0/s1. The Morgan fingerprint density at radius 3 is 2.32 bits per heavy atom. The van der Waals surface area contributed by atoms with Crippen LogP contribution in [0.15, 0.2) is 48.5 Å². The second kappa shape index (κ2) is 6.94. The molecule has 6 nitrogen and oxygen atoms in total. The zero-order valence-corrected chi connectivity index (χ0v) is 13.8. The minimum atomic E-state index is -1.28. The van der Waals surface area contributed by atoms with Gasteiger partial charge in [0.2, 0.25) is 11.8 Å². The molecule has 0 radical (unpaired) electrons. The van der Waals surface area contributed by atoms with Crippen molar-refractivity contribution in [2.75, 3.05) is 16.8 Å². The molecule has 2 amide bonds. The molecule has 2 aromatic carbocycles. The fourth-order valence-corrected chi connectivity index (χ4v) is 2.81. The maximum Gasteiger partial charge on any atom is 0.229 e. The molecule has 1 aliphatic rings. The molecule has 1 atom stereocenters. The Bertz CT molecular complexity index is 818. The number of carbonyl (C=O) groups excluding carboxylic acids is 3. The van der Waals surface area contributed by atoms with Crippen LogP contribution in [0.4, 0.5) is 11.4 Å². The van der Waals surface area contributed by atoms with Crippen LogP contribution in [-0.4, -0.2) is 24.3 Å². The van der Waals surface area contributed by atoms with Crippen LogP contribution < -0.4 is 15.3 Å². The number of carboxylic acids is 1. The first-order valence-corrected chi connectivity index (χ1v) is 8.00. The largest absolute Gasteiger partial charge is 0.545 e. The Morgan fingerprint density at radius 2 is 1.72 bits per heavy atom. The molecule has 7 heteroatoms. The van der Waals surface area contributed by atoms with E-state index in [0.29, 0.717) is 16.4 Å². The molecule has 25 heavy (non-hydrogen) atoms. The zero-order chi connectivity index (χ0) is 18.0.